The highest BCUT2D eigenvalue weighted by molar-refractivity contribution is 5.85. The lowest BCUT2D eigenvalue weighted by Gasteiger charge is -2.30. The Labute approximate surface area is 144 Å². The van der Waals surface area contributed by atoms with Crippen molar-refractivity contribution in [2.24, 2.45) is 0 Å². The summed E-state index contributed by atoms with van der Waals surface area (Å²) in [7, 11) is 0. The van der Waals surface area contributed by atoms with Gasteiger partial charge in [0, 0.05) is 12.1 Å². The van der Waals surface area contributed by atoms with E-state index in [4.69, 9.17) is 9.47 Å². The van der Waals surface area contributed by atoms with Crippen LogP contribution in [0.5, 0.6) is 0 Å². The number of hydrogen-bond donors (Lipinski definition) is 1. The number of rotatable bonds is 6. The van der Waals surface area contributed by atoms with Crippen LogP contribution in [0.4, 0.5) is 0 Å². The first kappa shape index (κ1) is 18.0. The van der Waals surface area contributed by atoms with Crippen LogP contribution >= 0.6 is 12.4 Å². The van der Waals surface area contributed by atoms with Crippen LogP contribution in [0.3, 0.4) is 0 Å². The zero-order valence-electron chi connectivity index (χ0n) is 13.2. The van der Waals surface area contributed by atoms with Crippen molar-refractivity contribution in [2.45, 2.75) is 31.8 Å². The Balaban J connectivity index is 0.00000192. The summed E-state index contributed by atoms with van der Waals surface area (Å²) in [6.07, 6.45) is 2.03. The lowest BCUT2D eigenvalue weighted by Crippen LogP contribution is -2.30. The van der Waals surface area contributed by atoms with E-state index < -0.39 is 0 Å². The molecule has 2 atom stereocenters. The monoisotopic (exact) mass is 333 g/mol. The minimum absolute atomic E-state index is 0. The fourth-order valence-electron chi connectivity index (χ4n) is 2.68. The Morgan fingerprint density at radius 2 is 1.65 bits per heavy atom. The highest BCUT2D eigenvalue weighted by atomic mass is 35.5. The molecule has 0 bridgehead atoms. The van der Waals surface area contributed by atoms with Gasteiger partial charge < -0.3 is 14.8 Å². The van der Waals surface area contributed by atoms with Crippen molar-refractivity contribution >= 4 is 12.4 Å². The van der Waals surface area contributed by atoms with Crippen molar-refractivity contribution in [3.05, 3.63) is 71.8 Å². The third kappa shape index (κ3) is 5.63. The molecule has 1 saturated heterocycles. The largest absolute Gasteiger partial charge is 0.348 e. The Hall–Kier alpha value is -1.39. The van der Waals surface area contributed by atoms with Gasteiger partial charge in [0.1, 0.15) is 0 Å². The molecule has 1 N–H and O–H groups in total. The first-order valence-corrected chi connectivity index (χ1v) is 7.98. The molecule has 1 aliphatic rings. The molecule has 2 aromatic carbocycles. The fraction of sp³-hybridized carbons (Fsp3) is 0.368. The van der Waals surface area contributed by atoms with Crippen LogP contribution in [0.2, 0.25) is 0 Å². The molecule has 0 saturated carbocycles. The molecule has 0 aliphatic carbocycles. The summed E-state index contributed by atoms with van der Waals surface area (Å²) in [5.74, 6) is 0. The standard InChI is InChI=1S/C19H23NO2.ClH/c1-3-7-16(8-4-1)15-20-13-11-18-12-14-21-19(22-18)17-9-5-2-6-10-17;/h1-10,18-20H,11-15H2;1H/t18-,19+;/m1./s1. The van der Waals surface area contributed by atoms with E-state index in [-0.39, 0.29) is 24.8 Å². The van der Waals surface area contributed by atoms with Crippen molar-refractivity contribution in [1.29, 1.82) is 0 Å². The van der Waals surface area contributed by atoms with Gasteiger partial charge >= 0.3 is 0 Å². The summed E-state index contributed by atoms with van der Waals surface area (Å²) < 4.78 is 11.8. The summed E-state index contributed by atoms with van der Waals surface area (Å²) in [5, 5.41) is 3.48. The third-order valence-corrected chi connectivity index (χ3v) is 3.91. The van der Waals surface area contributed by atoms with Gasteiger partial charge in [0.2, 0.25) is 0 Å². The molecule has 2 aromatic rings. The van der Waals surface area contributed by atoms with Crippen molar-refractivity contribution < 1.29 is 9.47 Å². The first-order valence-electron chi connectivity index (χ1n) is 7.98. The Morgan fingerprint density at radius 1 is 0.957 bits per heavy atom. The average Bonchev–Trinajstić information content (AvgIpc) is 2.61. The van der Waals surface area contributed by atoms with Gasteiger partial charge in [-0.2, -0.15) is 0 Å². The maximum Gasteiger partial charge on any atom is 0.184 e. The summed E-state index contributed by atoms with van der Waals surface area (Å²) in [6, 6.07) is 20.6. The van der Waals surface area contributed by atoms with Crippen LogP contribution in [0.25, 0.3) is 0 Å². The smallest absolute Gasteiger partial charge is 0.184 e. The second-order valence-corrected chi connectivity index (χ2v) is 5.61. The average molecular weight is 334 g/mol. The lowest BCUT2D eigenvalue weighted by molar-refractivity contribution is -0.218. The number of ether oxygens (including phenoxy) is 2. The Kier molecular flexibility index (Phi) is 7.56. The summed E-state index contributed by atoms with van der Waals surface area (Å²) in [4.78, 5) is 0. The van der Waals surface area contributed by atoms with Gasteiger partial charge in [-0.25, -0.2) is 0 Å². The molecular weight excluding hydrogens is 310 g/mol. The van der Waals surface area contributed by atoms with E-state index in [0.717, 1.165) is 38.1 Å². The van der Waals surface area contributed by atoms with Crippen molar-refractivity contribution in [3.8, 4) is 0 Å². The van der Waals surface area contributed by atoms with E-state index >= 15 is 0 Å². The van der Waals surface area contributed by atoms with Gasteiger partial charge in [0.05, 0.1) is 12.7 Å². The van der Waals surface area contributed by atoms with Gasteiger partial charge in [-0.3, -0.25) is 0 Å². The highest BCUT2D eigenvalue weighted by Crippen LogP contribution is 2.27. The van der Waals surface area contributed by atoms with E-state index in [9.17, 15) is 0 Å². The van der Waals surface area contributed by atoms with Gasteiger partial charge in [-0.05, 0) is 24.9 Å². The molecule has 0 radical (unpaired) electrons. The normalized spacial score (nSPS) is 20.7. The van der Waals surface area contributed by atoms with Crippen LogP contribution in [0.1, 0.15) is 30.3 Å². The molecule has 124 valence electrons. The molecule has 1 fully saturated rings. The topological polar surface area (TPSA) is 30.5 Å². The highest BCUT2D eigenvalue weighted by Gasteiger charge is 2.23. The molecule has 0 unspecified atom stereocenters. The second kappa shape index (κ2) is 9.68. The number of benzene rings is 2. The molecule has 23 heavy (non-hydrogen) atoms. The zero-order valence-corrected chi connectivity index (χ0v) is 14.0. The maximum absolute atomic E-state index is 6.06. The molecule has 3 nitrogen and oxygen atoms in total. The quantitative estimate of drug-likeness (QED) is 0.808. The van der Waals surface area contributed by atoms with Gasteiger partial charge in [0.25, 0.3) is 0 Å². The minimum atomic E-state index is -0.214. The summed E-state index contributed by atoms with van der Waals surface area (Å²) >= 11 is 0. The van der Waals surface area contributed by atoms with E-state index in [2.05, 4.69) is 41.7 Å². The molecule has 0 aromatic heterocycles. The summed E-state index contributed by atoms with van der Waals surface area (Å²) in [5.41, 5.74) is 2.42. The van der Waals surface area contributed by atoms with Gasteiger partial charge in [-0.1, -0.05) is 60.7 Å². The minimum Gasteiger partial charge on any atom is -0.348 e. The Bertz CT molecular complexity index is 550. The molecule has 3 rings (SSSR count). The second-order valence-electron chi connectivity index (χ2n) is 5.61. The first-order chi connectivity index (χ1) is 10.9. The molecule has 1 heterocycles. The van der Waals surface area contributed by atoms with E-state index in [1.807, 2.05) is 24.3 Å². The van der Waals surface area contributed by atoms with Gasteiger partial charge in [0.15, 0.2) is 6.29 Å². The van der Waals surface area contributed by atoms with Crippen molar-refractivity contribution in [2.75, 3.05) is 13.2 Å². The fourth-order valence-corrected chi connectivity index (χ4v) is 2.68. The van der Waals surface area contributed by atoms with Crippen LogP contribution in [0, 0.1) is 0 Å². The lowest BCUT2D eigenvalue weighted by atomic mass is 10.1. The molecule has 4 heteroatoms. The van der Waals surface area contributed by atoms with E-state index in [0.29, 0.717) is 0 Å². The number of halogens is 1. The molecule has 0 amide bonds. The predicted molar refractivity (Wildman–Crippen MR) is 94.6 cm³/mol. The van der Waals surface area contributed by atoms with Crippen LogP contribution in [-0.4, -0.2) is 19.3 Å². The zero-order chi connectivity index (χ0) is 15.0. The molecule has 0 spiro atoms. The Morgan fingerprint density at radius 3 is 2.39 bits per heavy atom. The number of hydrogen-bond acceptors (Lipinski definition) is 3. The van der Waals surface area contributed by atoms with Crippen LogP contribution in [0.15, 0.2) is 60.7 Å². The van der Waals surface area contributed by atoms with Crippen LogP contribution < -0.4 is 5.32 Å². The van der Waals surface area contributed by atoms with Gasteiger partial charge in [-0.15, -0.1) is 12.4 Å². The van der Waals surface area contributed by atoms with E-state index in [1.165, 1.54) is 5.56 Å². The molecular formula is C19H24ClNO2. The SMILES string of the molecule is Cl.c1ccc(CNCC[C@@H]2CCO[C@H](c3ccccc3)O2)cc1. The van der Waals surface area contributed by atoms with Crippen LogP contribution in [-0.2, 0) is 16.0 Å². The van der Waals surface area contributed by atoms with Crippen molar-refractivity contribution in [3.63, 3.8) is 0 Å². The predicted octanol–water partition coefficient (Wildman–Crippen LogP) is 4.09. The van der Waals surface area contributed by atoms with E-state index in [1.54, 1.807) is 0 Å². The van der Waals surface area contributed by atoms with Crippen molar-refractivity contribution in [1.82, 2.24) is 5.32 Å². The molecule has 1 aliphatic heterocycles. The summed E-state index contributed by atoms with van der Waals surface area (Å²) in [6.45, 7) is 2.64. The third-order valence-electron chi connectivity index (χ3n) is 3.91. The maximum atomic E-state index is 6.06. The number of nitrogens with one attached hydrogen (secondary N) is 1.